The molecule has 24 heavy (non-hydrogen) atoms. The third-order valence-electron chi connectivity index (χ3n) is 4.10. The molecule has 0 bridgehead atoms. The first-order chi connectivity index (χ1) is 11.7. The molecule has 122 valence electrons. The smallest absolute Gasteiger partial charge is 0.185 e. The molecule has 0 atom stereocenters. The molecule has 0 aromatic heterocycles. The van der Waals surface area contributed by atoms with Gasteiger partial charge in [-0.1, -0.05) is 30.3 Å². The van der Waals surface area contributed by atoms with Gasteiger partial charge in [0.05, 0.1) is 14.2 Å². The fraction of sp³-hybridized carbons (Fsp3) is 0.190. The van der Waals surface area contributed by atoms with Crippen molar-refractivity contribution in [2.45, 2.75) is 12.8 Å². The van der Waals surface area contributed by atoms with Gasteiger partial charge in [-0.05, 0) is 48.3 Å². The van der Waals surface area contributed by atoms with Crippen LogP contribution in [0.5, 0.6) is 11.5 Å². The predicted octanol–water partition coefficient (Wildman–Crippen LogP) is 4.53. The summed E-state index contributed by atoms with van der Waals surface area (Å²) in [5.41, 5.74) is 3.66. The van der Waals surface area contributed by atoms with Crippen LogP contribution in [0.4, 0.5) is 0 Å². The Balaban J connectivity index is 1.87. The fourth-order valence-corrected chi connectivity index (χ4v) is 2.84. The van der Waals surface area contributed by atoms with Crippen molar-refractivity contribution in [2.75, 3.05) is 14.2 Å². The SMILES string of the molecule is COc1cc(C=C2CC/C(=C\c3ccccc3)C2=O)cc(OC)c1. The van der Waals surface area contributed by atoms with Gasteiger partial charge in [0.25, 0.3) is 0 Å². The molecule has 2 aromatic carbocycles. The van der Waals surface area contributed by atoms with Gasteiger partial charge in [-0.3, -0.25) is 4.79 Å². The summed E-state index contributed by atoms with van der Waals surface area (Å²) >= 11 is 0. The highest BCUT2D eigenvalue weighted by Crippen LogP contribution is 2.31. The summed E-state index contributed by atoms with van der Waals surface area (Å²) in [5, 5.41) is 0. The van der Waals surface area contributed by atoms with Gasteiger partial charge in [0, 0.05) is 17.2 Å². The minimum absolute atomic E-state index is 0.126. The lowest BCUT2D eigenvalue weighted by atomic mass is 10.1. The molecule has 1 saturated carbocycles. The molecular weight excluding hydrogens is 300 g/mol. The summed E-state index contributed by atoms with van der Waals surface area (Å²) in [6.07, 6.45) is 5.45. The first-order valence-electron chi connectivity index (χ1n) is 7.93. The van der Waals surface area contributed by atoms with Crippen molar-refractivity contribution in [3.63, 3.8) is 0 Å². The molecule has 1 fully saturated rings. The normalized spacial score (nSPS) is 17.5. The summed E-state index contributed by atoms with van der Waals surface area (Å²) in [7, 11) is 3.24. The number of benzene rings is 2. The van der Waals surface area contributed by atoms with Crippen LogP contribution in [0.3, 0.4) is 0 Å². The van der Waals surface area contributed by atoms with Crippen LogP contribution in [0.25, 0.3) is 12.2 Å². The van der Waals surface area contributed by atoms with Crippen LogP contribution in [-0.4, -0.2) is 20.0 Å². The van der Waals surface area contributed by atoms with Crippen molar-refractivity contribution < 1.29 is 14.3 Å². The molecule has 0 unspecified atom stereocenters. The minimum Gasteiger partial charge on any atom is -0.497 e. The Hall–Kier alpha value is -2.81. The van der Waals surface area contributed by atoms with E-state index in [1.54, 1.807) is 14.2 Å². The van der Waals surface area contributed by atoms with Crippen LogP contribution in [-0.2, 0) is 4.79 Å². The van der Waals surface area contributed by atoms with Gasteiger partial charge in [0.15, 0.2) is 5.78 Å². The quantitative estimate of drug-likeness (QED) is 0.776. The Bertz CT molecular complexity index is 779. The third kappa shape index (κ3) is 3.57. The van der Waals surface area contributed by atoms with Gasteiger partial charge in [-0.2, -0.15) is 0 Å². The van der Waals surface area contributed by atoms with Crippen molar-refractivity contribution in [1.82, 2.24) is 0 Å². The maximum Gasteiger partial charge on any atom is 0.185 e. The van der Waals surface area contributed by atoms with Gasteiger partial charge >= 0.3 is 0 Å². The van der Waals surface area contributed by atoms with E-state index >= 15 is 0 Å². The molecule has 0 aliphatic heterocycles. The van der Waals surface area contributed by atoms with Crippen molar-refractivity contribution in [3.05, 3.63) is 70.8 Å². The van der Waals surface area contributed by atoms with E-state index in [0.29, 0.717) is 11.5 Å². The van der Waals surface area contributed by atoms with Gasteiger partial charge < -0.3 is 9.47 Å². The predicted molar refractivity (Wildman–Crippen MR) is 96.2 cm³/mol. The lowest BCUT2D eigenvalue weighted by Gasteiger charge is -2.06. The highest BCUT2D eigenvalue weighted by Gasteiger charge is 2.23. The summed E-state index contributed by atoms with van der Waals surface area (Å²) in [5.74, 6) is 1.55. The summed E-state index contributed by atoms with van der Waals surface area (Å²) in [4.78, 5) is 12.6. The Morgan fingerprint density at radius 2 is 1.33 bits per heavy atom. The first-order valence-corrected chi connectivity index (χ1v) is 7.93. The molecule has 0 amide bonds. The number of ketones is 1. The van der Waals surface area contributed by atoms with E-state index in [4.69, 9.17) is 9.47 Å². The summed E-state index contributed by atoms with van der Waals surface area (Å²) in [6, 6.07) is 15.6. The number of Topliss-reactive ketones (excluding diaryl/α,β-unsaturated/α-hetero) is 1. The zero-order chi connectivity index (χ0) is 16.9. The second-order valence-electron chi connectivity index (χ2n) is 5.72. The van der Waals surface area contributed by atoms with Gasteiger partial charge in [-0.15, -0.1) is 0 Å². The van der Waals surface area contributed by atoms with Crippen molar-refractivity contribution in [2.24, 2.45) is 0 Å². The lowest BCUT2D eigenvalue weighted by molar-refractivity contribution is -0.111. The number of rotatable bonds is 4. The number of hydrogen-bond acceptors (Lipinski definition) is 3. The van der Waals surface area contributed by atoms with Gasteiger partial charge in [0.1, 0.15) is 11.5 Å². The Labute approximate surface area is 142 Å². The maximum atomic E-state index is 12.6. The van der Waals surface area contributed by atoms with Crippen molar-refractivity contribution in [1.29, 1.82) is 0 Å². The molecule has 0 heterocycles. The molecule has 0 spiro atoms. The number of allylic oxidation sites excluding steroid dienone is 2. The third-order valence-corrected chi connectivity index (χ3v) is 4.10. The Morgan fingerprint density at radius 3 is 1.88 bits per heavy atom. The standard InChI is InChI=1S/C21H20O3/c1-23-19-12-16(13-20(14-19)24-2)11-18-9-8-17(21(18)22)10-15-6-4-3-5-7-15/h3-7,10-14H,8-9H2,1-2H3/b17-10+,18-11?. The van der Waals surface area contributed by atoms with E-state index in [-0.39, 0.29) is 5.78 Å². The van der Waals surface area contributed by atoms with Gasteiger partial charge in [0.2, 0.25) is 0 Å². The van der Waals surface area contributed by atoms with E-state index in [0.717, 1.165) is 35.1 Å². The maximum absolute atomic E-state index is 12.6. The van der Waals surface area contributed by atoms with E-state index in [1.807, 2.05) is 60.7 Å². The number of methoxy groups -OCH3 is 2. The average Bonchev–Trinajstić information content (AvgIpc) is 2.95. The molecule has 0 saturated heterocycles. The Kier molecular flexibility index (Phi) is 4.80. The largest absolute Gasteiger partial charge is 0.497 e. The Morgan fingerprint density at radius 1 is 0.792 bits per heavy atom. The molecule has 0 N–H and O–H groups in total. The molecule has 1 aliphatic carbocycles. The zero-order valence-electron chi connectivity index (χ0n) is 13.9. The molecule has 3 rings (SSSR count). The van der Waals surface area contributed by atoms with E-state index in [9.17, 15) is 4.79 Å². The molecule has 0 radical (unpaired) electrons. The summed E-state index contributed by atoms with van der Waals surface area (Å²) in [6.45, 7) is 0. The van der Waals surface area contributed by atoms with Crippen LogP contribution in [0.1, 0.15) is 24.0 Å². The monoisotopic (exact) mass is 320 g/mol. The summed E-state index contributed by atoms with van der Waals surface area (Å²) < 4.78 is 10.6. The number of ether oxygens (including phenoxy) is 2. The first kappa shape index (κ1) is 16.1. The highest BCUT2D eigenvalue weighted by atomic mass is 16.5. The van der Waals surface area contributed by atoms with Gasteiger partial charge in [-0.25, -0.2) is 0 Å². The van der Waals surface area contributed by atoms with Crippen LogP contribution < -0.4 is 9.47 Å². The average molecular weight is 320 g/mol. The molecule has 3 nitrogen and oxygen atoms in total. The number of hydrogen-bond donors (Lipinski definition) is 0. The molecule has 3 heteroatoms. The van der Waals surface area contributed by atoms with Crippen LogP contribution in [0.2, 0.25) is 0 Å². The molecule has 2 aromatic rings. The van der Waals surface area contributed by atoms with Crippen molar-refractivity contribution >= 4 is 17.9 Å². The highest BCUT2D eigenvalue weighted by molar-refractivity contribution is 6.15. The van der Waals surface area contributed by atoms with Crippen LogP contribution in [0, 0.1) is 0 Å². The fourth-order valence-electron chi connectivity index (χ4n) is 2.84. The second kappa shape index (κ2) is 7.18. The number of carbonyl (C=O) groups is 1. The lowest BCUT2D eigenvalue weighted by Crippen LogP contribution is -1.96. The second-order valence-corrected chi connectivity index (χ2v) is 5.72. The molecular formula is C21H20O3. The van der Waals surface area contributed by atoms with E-state index in [2.05, 4.69) is 0 Å². The topological polar surface area (TPSA) is 35.5 Å². The van der Waals surface area contributed by atoms with E-state index < -0.39 is 0 Å². The van der Waals surface area contributed by atoms with E-state index in [1.165, 1.54) is 0 Å². The van der Waals surface area contributed by atoms with Crippen molar-refractivity contribution in [3.8, 4) is 11.5 Å². The minimum atomic E-state index is 0.126. The van der Waals surface area contributed by atoms with Crippen LogP contribution in [0.15, 0.2) is 59.7 Å². The molecule has 1 aliphatic rings. The zero-order valence-corrected chi connectivity index (χ0v) is 13.9. The van der Waals surface area contributed by atoms with Crippen LogP contribution >= 0.6 is 0 Å². The number of carbonyl (C=O) groups excluding carboxylic acids is 1.